The molecule has 0 bridgehead atoms. The molecule has 0 aliphatic carbocycles. The number of nitrogens with zero attached hydrogens (tertiary/aromatic N) is 1. The van der Waals surface area contributed by atoms with Crippen molar-refractivity contribution < 1.29 is 9.90 Å². The molecular formula is C15H21N3O2. The second kappa shape index (κ2) is 8.31. The van der Waals surface area contributed by atoms with Gasteiger partial charge in [-0.2, -0.15) is 5.26 Å². The molecule has 1 aromatic rings. The summed E-state index contributed by atoms with van der Waals surface area (Å²) in [5, 5.41) is 24.5. The summed E-state index contributed by atoms with van der Waals surface area (Å²) in [6.45, 7) is 4.69. The fraction of sp³-hybridized carbons (Fsp3) is 0.467. The van der Waals surface area contributed by atoms with E-state index in [2.05, 4.69) is 10.6 Å². The van der Waals surface area contributed by atoms with Crippen molar-refractivity contribution in [1.82, 2.24) is 10.6 Å². The number of nitrogens with one attached hydrogen (secondary N) is 2. The molecule has 1 amide bonds. The molecule has 20 heavy (non-hydrogen) atoms. The van der Waals surface area contributed by atoms with Crippen LogP contribution in [0.3, 0.4) is 0 Å². The number of aliphatic hydroxyl groups is 1. The van der Waals surface area contributed by atoms with Gasteiger partial charge in [0.25, 0.3) is 0 Å². The quantitative estimate of drug-likeness (QED) is 0.695. The Morgan fingerprint density at radius 3 is 2.60 bits per heavy atom. The molecule has 108 valence electrons. The van der Waals surface area contributed by atoms with E-state index in [4.69, 9.17) is 5.26 Å². The molecule has 0 aromatic heterocycles. The summed E-state index contributed by atoms with van der Waals surface area (Å²) < 4.78 is 0. The van der Waals surface area contributed by atoms with Crippen LogP contribution in [0.25, 0.3) is 0 Å². The lowest BCUT2D eigenvalue weighted by molar-refractivity contribution is -0.122. The van der Waals surface area contributed by atoms with Crippen LogP contribution in [-0.4, -0.2) is 30.1 Å². The molecule has 2 atom stereocenters. The van der Waals surface area contributed by atoms with E-state index in [0.717, 1.165) is 12.0 Å². The van der Waals surface area contributed by atoms with Crippen LogP contribution < -0.4 is 10.6 Å². The van der Waals surface area contributed by atoms with Crippen LogP contribution in [-0.2, 0) is 4.79 Å². The first-order valence-corrected chi connectivity index (χ1v) is 6.77. The fourth-order valence-electron chi connectivity index (χ4n) is 1.68. The van der Waals surface area contributed by atoms with Gasteiger partial charge >= 0.3 is 0 Å². The van der Waals surface area contributed by atoms with Gasteiger partial charge in [0.1, 0.15) is 0 Å². The highest BCUT2D eigenvalue weighted by Gasteiger charge is 2.14. The minimum Gasteiger partial charge on any atom is -0.387 e. The van der Waals surface area contributed by atoms with Crippen molar-refractivity contribution >= 4 is 5.91 Å². The molecule has 0 fully saturated rings. The van der Waals surface area contributed by atoms with Crippen LogP contribution in [0.4, 0.5) is 0 Å². The highest BCUT2D eigenvalue weighted by Crippen LogP contribution is 2.12. The predicted molar refractivity (Wildman–Crippen MR) is 76.9 cm³/mol. The number of carbonyl (C=O) groups excluding carboxylic acids is 1. The van der Waals surface area contributed by atoms with Crippen molar-refractivity contribution in [3.8, 4) is 6.07 Å². The molecule has 2 unspecified atom stereocenters. The molecule has 0 spiro atoms. The van der Waals surface area contributed by atoms with Crippen molar-refractivity contribution in [3.63, 3.8) is 0 Å². The summed E-state index contributed by atoms with van der Waals surface area (Å²) in [6.07, 6.45) is 0.191. The van der Waals surface area contributed by atoms with Crippen LogP contribution in [0.15, 0.2) is 24.3 Å². The number of hydrogen-bond acceptors (Lipinski definition) is 4. The van der Waals surface area contributed by atoms with Gasteiger partial charge in [0.15, 0.2) is 0 Å². The first kappa shape index (κ1) is 16.2. The molecule has 0 aliphatic rings. The number of aliphatic hydroxyl groups excluding tert-OH is 1. The maximum absolute atomic E-state index is 11.6. The van der Waals surface area contributed by atoms with Crippen molar-refractivity contribution in [2.75, 3.05) is 13.1 Å². The van der Waals surface area contributed by atoms with Crippen LogP contribution in [0.5, 0.6) is 0 Å². The zero-order valence-electron chi connectivity index (χ0n) is 11.9. The molecule has 0 aliphatic heterocycles. The fourth-order valence-corrected chi connectivity index (χ4v) is 1.68. The molecule has 0 radical (unpaired) electrons. The number of nitriles is 1. The molecule has 0 saturated carbocycles. The number of benzene rings is 1. The van der Waals surface area contributed by atoms with Gasteiger partial charge in [-0.3, -0.25) is 4.79 Å². The van der Waals surface area contributed by atoms with Crippen molar-refractivity contribution in [3.05, 3.63) is 35.4 Å². The van der Waals surface area contributed by atoms with Crippen molar-refractivity contribution in [2.45, 2.75) is 32.4 Å². The molecule has 0 heterocycles. The van der Waals surface area contributed by atoms with Crippen molar-refractivity contribution in [1.29, 1.82) is 5.26 Å². The molecule has 5 nitrogen and oxygen atoms in total. The summed E-state index contributed by atoms with van der Waals surface area (Å²) in [4.78, 5) is 11.6. The Kier molecular flexibility index (Phi) is 6.71. The van der Waals surface area contributed by atoms with Gasteiger partial charge in [0.05, 0.1) is 23.8 Å². The molecule has 1 aromatic carbocycles. The molecule has 1 rings (SSSR count). The second-order valence-electron chi connectivity index (χ2n) is 4.67. The standard InChI is InChI=1S/C15H21N3O2/c1-3-8-17-15(20)11(2)18-10-14(19)13-6-4-12(9-16)5-7-13/h4-7,11,14,18-19H,3,8,10H2,1-2H3,(H,17,20). The summed E-state index contributed by atoms with van der Waals surface area (Å²) in [6, 6.07) is 8.43. The molecular weight excluding hydrogens is 254 g/mol. The topological polar surface area (TPSA) is 85.2 Å². The zero-order chi connectivity index (χ0) is 15.0. The van der Waals surface area contributed by atoms with Gasteiger partial charge in [0.2, 0.25) is 5.91 Å². The smallest absolute Gasteiger partial charge is 0.236 e. The minimum absolute atomic E-state index is 0.0705. The third kappa shape index (κ3) is 5.00. The Labute approximate surface area is 119 Å². The first-order chi connectivity index (χ1) is 9.58. The van der Waals surface area contributed by atoms with Crippen LogP contribution in [0.1, 0.15) is 37.5 Å². The van der Waals surface area contributed by atoms with Gasteiger partial charge in [-0.1, -0.05) is 19.1 Å². The molecule has 3 N–H and O–H groups in total. The lowest BCUT2D eigenvalue weighted by atomic mass is 10.1. The van der Waals surface area contributed by atoms with E-state index in [-0.39, 0.29) is 18.5 Å². The summed E-state index contributed by atoms with van der Waals surface area (Å²) in [5.74, 6) is -0.0705. The van der Waals surface area contributed by atoms with Crippen LogP contribution in [0.2, 0.25) is 0 Å². The summed E-state index contributed by atoms with van der Waals surface area (Å²) in [5.41, 5.74) is 1.28. The summed E-state index contributed by atoms with van der Waals surface area (Å²) >= 11 is 0. The average molecular weight is 275 g/mol. The van der Waals surface area contributed by atoms with E-state index in [0.29, 0.717) is 12.1 Å². The van der Waals surface area contributed by atoms with Gasteiger partial charge < -0.3 is 15.7 Å². The number of hydrogen-bond donors (Lipinski definition) is 3. The van der Waals surface area contributed by atoms with E-state index >= 15 is 0 Å². The first-order valence-electron chi connectivity index (χ1n) is 6.77. The third-order valence-corrected chi connectivity index (χ3v) is 2.98. The number of rotatable bonds is 7. The van der Waals surface area contributed by atoms with Gasteiger partial charge in [-0.15, -0.1) is 0 Å². The lowest BCUT2D eigenvalue weighted by Gasteiger charge is -2.17. The highest BCUT2D eigenvalue weighted by molar-refractivity contribution is 5.81. The maximum Gasteiger partial charge on any atom is 0.236 e. The SMILES string of the molecule is CCCNC(=O)C(C)NCC(O)c1ccc(C#N)cc1. The van der Waals surface area contributed by atoms with E-state index in [1.165, 1.54) is 0 Å². The van der Waals surface area contributed by atoms with Gasteiger partial charge in [-0.05, 0) is 31.0 Å². The normalized spacial score (nSPS) is 13.3. The lowest BCUT2D eigenvalue weighted by Crippen LogP contribution is -2.43. The Morgan fingerprint density at radius 2 is 2.05 bits per heavy atom. The van der Waals surface area contributed by atoms with E-state index in [1.54, 1.807) is 31.2 Å². The highest BCUT2D eigenvalue weighted by atomic mass is 16.3. The van der Waals surface area contributed by atoms with Crippen LogP contribution in [0, 0.1) is 11.3 Å². The van der Waals surface area contributed by atoms with Crippen LogP contribution >= 0.6 is 0 Å². The Bertz CT molecular complexity index is 465. The van der Waals surface area contributed by atoms with E-state index in [9.17, 15) is 9.90 Å². The average Bonchev–Trinajstić information content (AvgIpc) is 2.49. The van der Waals surface area contributed by atoms with E-state index < -0.39 is 6.10 Å². The van der Waals surface area contributed by atoms with Gasteiger partial charge in [0, 0.05) is 13.1 Å². The second-order valence-corrected chi connectivity index (χ2v) is 4.67. The van der Waals surface area contributed by atoms with E-state index in [1.807, 2.05) is 13.0 Å². The van der Waals surface area contributed by atoms with Gasteiger partial charge in [-0.25, -0.2) is 0 Å². The molecule has 5 heteroatoms. The Hall–Kier alpha value is -1.90. The summed E-state index contributed by atoms with van der Waals surface area (Å²) in [7, 11) is 0. The Balaban J connectivity index is 2.44. The number of carbonyl (C=O) groups is 1. The van der Waals surface area contributed by atoms with Crippen molar-refractivity contribution in [2.24, 2.45) is 0 Å². The zero-order valence-corrected chi connectivity index (χ0v) is 11.9. The monoisotopic (exact) mass is 275 g/mol. The number of amides is 1. The molecule has 0 saturated heterocycles. The predicted octanol–water partition coefficient (Wildman–Crippen LogP) is 1.10. The Morgan fingerprint density at radius 1 is 1.40 bits per heavy atom. The third-order valence-electron chi connectivity index (χ3n) is 2.98. The minimum atomic E-state index is -0.704. The maximum atomic E-state index is 11.6. The largest absolute Gasteiger partial charge is 0.387 e.